The average molecular weight is 280 g/mol. The minimum atomic E-state index is -1.05. The van der Waals surface area contributed by atoms with Gasteiger partial charge in [0.05, 0.1) is 14.2 Å². The molecule has 1 unspecified atom stereocenters. The van der Waals surface area contributed by atoms with Crippen molar-refractivity contribution in [3.8, 4) is 11.5 Å². The molecule has 0 spiro atoms. The van der Waals surface area contributed by atoms with Crippen molar-refractivity contribution >= 4 is 5.97 Å². The Morgan fingerprint density at radius 1 is 1.50 bits per heavy atom. The topological polar surface area (TPSA) is 117 Å². The van der Waals surface area contributed by atoms with Crippen molar-refractivity contribution in [1.29, 1.82) is 0 Å². The predicted octanol–water partition coefficient (Wildman–Crippen LogP) is 1.73. The van der Waals surface area contributed by atoms with E-state index in [4.69, 9.17) is 15.0 Å². The maximum Gasteiger partial charge on any atom is 0.325 e. The van der Waals surface area contributed by atoms with Crippen LogP contribution in [0, 0.1) is 0 Å². The number of rotatable bonds is 8. The zero-order chi connectivity index (χ0) is 15.0. The third-order valence-electron chi connectivity index (χ3n) is 2.62. The van der Waals surface area contributed by atoms with Gasteiger partial charge in [-0.2, -0.15) is 0 Å². The van der Waals surface area contributed by atoms with E-state index in [1.165, 1.54) is 14.2 Å². The smallest absolute Gasteiger partial charge is 0.325 e. The fraction of sp³-hybridized carbons (Fsp3) is 0.417. The maximum absolute atomic E-state index is 11.3. The molecule has 1 aromatic carbocycles. The molecule has 0 saturated carbocycles. The van der Waals surface area contributed by atoms with Crippen molar-refractivity contribution in [2.45, 2.75) is 6.04 Å². The highest BCUT2D eigenvalue weighted by atomic mass is 16.5. The minimum absolute atomic E-state index is 0.165. The Morgan fingerprint density at radius 2 is 2.25 bits per heavy atom. The first kappa shape index (κ1) is 15.6. The molecular weight excluding hydrogens is 264 g/mol. The molecule has 8 nitrogen and oxygen atoms in total. The zero-order valence-corrected chi connectivity index (χ0v) is 11.2. The molecule has 0 bridgehead atoms. The fourth-order valence-corrected chi connectivity index (χ4v) is 1.69. The quantitative estimate of drug-likeness (QED) is 0.325. The molecule has 0 radical (unpaired) electrons. The summed E-state index contributed by atoms with van der Waals surface area (Å²) < 4.78 is 10.2. The Hall–Kier alpha value is -2.44. The van der Waals surface area contributed by atoms with Crippen LogP contribution in [0.2, 0.25) is 0 Å². The van der Waals surface area contributed by atoms with E-state index in [1.807, 2.05) is 0 Å². The largest absolute Gasteiger partial charge is 0.497 e. The van der Waals surface area contributed by atoms with Gasteiger partial charge in [-0.15, -0.1) is 0 Å². The lowest BCUT2D eigenvalue weighted by Crippen LogP contribution is -2.30. The van der Waals surface area contributed by atoms with Crippen LogP contribution in [0.4, 0.5) is 0 Å². The van der Waals surface area contributed by atoms with Gasteiger partial charge in [0.2, 0.25) is 0 Å². The summed E-state index contributed by atoms with van der Waals surface area (Å²) in [4.78, 5) is 13.9. The maximum atomic E-state index is 11.3. The van der Waals surface area contributed by atoms with Gasteiger partial charge in [0.1, 0.15) is 17.5 Å². The van der Waals surface area contributed by atoms with E-state index in [-0.39, 0.29) is 13.1 Å². The summed E-state index contributed by atoms with van der Waals surface area (Å²) >= 11 is 0. The van der Waals surface area contributed by atoms with E-state index >= 15 is 0 Å². The highest BCUT2D eigenvalue weighted by Crippen LogP contribution is 2.29. The van der Waals surface area contributed by atoms with Gasteiger partial charge in [0, 0.05) is 29.6 Å². The van der Waals surface area contributed by atoms with Crippen molar-refractivity contribution in [2.75, 3.05) is 27.3 Å². The number of azide groups is 1. The van der Waals surface area contributed by atoms with Crippen LogP contribution in [-0.4, -0.2) is 38.4 Å². The van der Waals surface area contributed by atoms with Gasteiger partial charge in [-0.3, -0.25) is 4.79 Å². The second-order valence-corrected chi connectivity index (χ2v) is 3.79. The van der Waals surface area contributed by atoms with E-state index in [0.29, 0.717) is 17.1 Å². The lowest BCUT2D eigenvalue weighted by Gasteiger charge is -2.17. The number of carboxylic acid groups (broad SMARTS) is 1. The molecule has 0 saturated heterocycles. The highest BCUT2D eigenvalue weighted by Gasteiger charge is 2.23. The van der Waals surface area contributed by atoms with Gasteiger partial charge in [0.25, 0.3) is 0 Å². The van der Waals surface area contributed by atoms with Crippen LogP contribution in [-0.2, 0) is 4.79 Å². The van der Waals surface area contributed by atoms with Crippen molar-refractivity contribution in [1.82, 2.24) is 5.32 Å². The van der Waals surface area contributed by atoms with Crippen LogP contribution in [0.3, 0.4) is 0 Å². The van der Waals surface area contributed by atoms with Crippen LogP contribution in [0.15, 0.2) is 23.3 Å². The Balaban J connectivity index is 2.96. The number of benzene rings is 1. The fourth-order valence-electron chi connectivity index (χ4n) is 1.69. The molecule has 0 fully saturated rings. The van der Waals surface area contributed by atoms with Crippen molar-refractivity contribution in [2.24, 2.45) is 5.11 Å². The number of carboxylic acids is 1. The third-order valence-corrected chi connectivity index (χ3v) is 2.62. The molecule has 108 valence electrons. The Morgan fingerprint density at radius 3 is 2.80 bits per heavy atom. The van der Waals surface area contributed by atoms with E-state index in [1.54, 1.807) is 18.2 Å². The number of aliphatic carboxylic acids is 1. The van der Waals surface area contributed by atoms with E-state index < -0.39 is 12.0 Å². The van der Waals surface area contributed by atoms with Gasteiger partial charge < -0.3 is 19.9 Å². The molecule has 20 heavy (non-hydrogen) atoms. The first-order chi connectivity index (χ1) is 9.63. The molecule has 0 aliphatic carbocycles. The van der Waals surface area contributed by atoms with Gasteiger partial charge in [-0.1, -0.05) is 5.11 Å². The van der Waals surface area contributed by atoms with E-state index in [0.717, 1.165) is 0 Å². The molecule has 2 N–H and O–H groups in total. The molecule has 1 rings (SSSR count). The second kappa shape index (κ2) is 7.88. The molecular formula is C12H16N4O4. The predicted molar refractivity (Wildman–Crippen MR) is 71.9 cm³/mol. The summed E-state index contributed by atoms with van der Waals surface area (Å²) in [5.41, 5.74) is 8.65. The highest BCUT2D eigenvalue weighted by molar-refractivity contribution is 5.77. The Kier molecular flexibility index (Phi) is 6.15. The van der Waals surface area contributed by atoms with Crippen LogP contribution in [0.5, 0.6) is 11.5 Å². The molecule has 0 amide bonds. The number of nitrogens with one attached hydrogen (secondary N) is 1. The lowest BCUT2D eigenvalue weighted by atomic mass is 10.1. The summed E-state index contributed by atoms with van der Waals surface area (Å²) in [5.74, 6) is -0.0637. The van der Waals surface area contributed by atoms with Crippen LogP contribution in [0.25, 0.3) is 10.4 Å². The normalized spacial score (nSPS) is 11.3. The first-order valence-corrected chi connectivity index (χ1v) is 5.83. The summed E-state index contributed by atoms with van der Waals surface area (Å²) in [6, 6.07) is 3.94. The van der Waals surface area contributed by atoms with Crippen LogP contribution in [0.1, 0.15) is 11.6 Å². The standard InChI is InChI=1S/C12H16N4O4/c1-19-8-3-4-9(10(7-8)20-2)11(12(17)18)14-5-6-15-16-13/h3-4,7,11,14H,5-6H2,1-2H3,(H,17,18). The molecule has 1 aromatic rings. The monoisotopic (exact) mass is 280 g/mol. The SMILES string of the molecule is COc1ccc(C(NCCN=[N+]=[N-])C(=O)O)c(OC)c1. The molecule has 0 aliphatic heterocycles. The molecule has 0 heterocycles. The van der Waals surface area contributed by atoms with Gasteiger partial charge in [-0.25, -0.2) is 0 Å². The Bertz CT molecular complexity index is 514. The second-order valence-electron chi connectivity index (χ2n) is 3.79. The van der Waals surface area contributed by atoms with E-state index in [2.05, 4.69) is 15.3 Å². The zero-order valence-electron chi connectivity index (χ0n) is 11.2. The number of methoxy groups -OCH3 is 2. The summed E-state index contributed by atoms with van der Waals surface area (Å²) in [7, 11) is 2.97. The molecule has 0 aromatic heterocycles. The number of nitrogens with zero attached hydrogens (tertiary/aromatic N) is 3. The summed E-state index contributed by atoms with van der Waals surface area (Å²) in [5, 5.41) is 15.4. The van der Waals surface area contributed by atoms with Gasteiger partial charge in [0.15, 0.2) is 0 Å². The average Bonchev–Trinajstić information content (AvgIpc) is 2.46. The number of carbonyl (C=O) groups is 1. The van der Waals surface area contributed by atoms with Crippen molar-refractivity contribution in [3.05, 3.63) is 34.2 Å². The molecule has 8 heteroatoms. The van der Waals surface area contributed by atoms with E-state index in [9.17, 15) is 9.90 Å². The summed E-state index contributed by atoms with van der Waals surface area (Å²) in [6.07, 6.45) is 0. The first-order valence-electron chi connectivity index (χ1n) is 5.83. The van der Waals surface area contributed by atoms with Gasteiger partial charge in [-0.05, 0) is 17.7 Å². The van der Waals surface area contributed by atoms with Crippen molar-refractivity contribution in [3.63, 3.8) is 0 Å². The molecule has 0 aliphatic rings. The number of ether oxygens (including phenoxy) is 2. The lowest BCUT2D eigenvalue weighted by molar-refractivity contribution is -0.139. The van der Waals surface area contributed by atoms with Gasteiger partial charge >= 0.3 is 5.97 Å². The number of hydrogen-bond acceptors (Lipinski definition) is 5. The van der Waals surface area contributed by atoms with Crippen molar-refractivity contribution < 1.29 is 19.4 Å². The van der Waals surface area contributed by atoms with Crippen LogP contribution >= 0.6 is 0 Å². The Labute approximate surface area is 115 Å². The minimum Gasteiger partial charge on any atom is -0.497 e. The summed E-state index contributed by atoms with van der Waals surface area (Å²) in [6.45, 7) is 0.412. The third kappa shape index (κ3) is 4.04. The number of hydrogen-bond donors (Lipinski definition) is 2. The van der Waals surface area contributed by atoms with Crippen LogP contribution < -0.4 is 14.8 Å². The molecule has 1 atom stereocenters.